The summed E-state index contributed by atoms with van der Waals surface area (Å²) < 4.78 is 3.79. The largest absolute Gasteiger partial charge is 0.338 e. The highest BCUT2D eigenvalue weighted by Gasteiger charge is 2.18. The van der Waals surface area contributed by atoms with E-state index in [2.05, 4.69) is 34.7 Å². The monoisotopic (exact) mass is 349 g/mol. The van der Waals surface area contributed by atoms with Crippen LogP contribution in [0.4, 0.5) is 11.5 Å². The summed E-state index contributed by atoms with van der Waals surface area (Å²) >= 11 is 0. The van der Waals surface area contributed by atoms with Crippen molar-refractivity contribution in [2.75, 3.05) is 5.32 Å². The molecule has 3 aromatic heterocycles. The van der Waals surface area contributed by atoms with Crippen molar-refractivity contribution in [1.82, 2.24) is 14.0 Å². The molecular formula is C22H15N5. The van der Waals surface area contributed by atoms with Gasteiger partial charge in [-0.05, 0) is 29.8 Å². The van der Waals surface area contributed by atoms with Gasteiger partial charge in [-0.1, -0.05) is 48.5 Å². The Bertz CT molecular complexity index is 1290. The number of aromatic nitrogens is 3. The van der Waals surface area contributed by atoms with E-state index in [-0.39, 0.29) is 0 Å². The molecule has 5 heteroatoms. The molecule has 0 bridgehead atoms. The first-order chi connectivity index (χ1) is 13.3. The molecular weight excluding hydrogens is 334 g/mol. The Labute approximate surface area is 155 Å². The van der Waals surface area contributed by atoms with Gasteiger partial charge in [0, 0.05) is 23.6 Å². The highest BCUT2D eigenvalue weighted by Crippen LogP contribution is 2.30. The van der Waals surface area contributed by atoms with Crippen molar-refractivity contribution < 1.29 is 0 Å². The number of para-hydroxylation sites is 1. The molecule has 0 saturated carbocycles. The summed E-state index contributed by atoms with van der Waals surface area (Å²) in [6.07, 6.45) is 3.95. The van der Waals surface area contributed by atoms with Gasteiger partial charge in [0.1, 0.15) is 11.6 Å². The lowest BCUT2D eigenvalue weighted by Crippen LogP contribution is -1.97. The van der Waals surface area contributed by atoms with E-state index in [9.17, 15) is 5.26 Å². The maximum Gasteiger partial charge on any atom is 0.173 e. The van der Waals surface area contributed by atoms with Gasteiger partial charge in [0.15, 0.2) is 11.5 Å². The minimum absolute atomic E-state index is 0.514. The molecule has 5 aromatic rings. The van der Waals surface area contributed by atoms with Crippen molar-refractivity contribution in [3.63, 3.8) is 0 Å². The van der Waals surface area contributed by atoms with Crippen molar-refractivity contribution in [3.05, 3.63) is 90.8 Å². The maximum absolute atomic E-state index is 9.81. The summed E-state index contributed by atoms with van der Waals surface area (Å²) in [6, 6.07) is 26.3. The van der Waals surface area contributed by atoms with E-state index < -0.39 is 0 Å². The zero-order valence-electron chi connectivity index (χ0n) is 14.4. The molecule has 0 aliphatic rings. The van der Waals surface area contributed by atoms with E-state index in [1.165, 1.54) is 0 Å². The fraction of sp³-hybridized carbons (Fsp3) is 0. The number of anilines is 2. The second kappa shape index (κ2) is 6.04. The smallest absolute Gasteiger partial charge is 0.173 e. The van der Waals surface area contributed by atoms with Gasteiger partial charge in [-0.15, -0.1) is 5.10 Å². The lowest BCUT2D eigenvalue weighted by molar-refractivity contribution is 0.936. The van der Waals surface area contributed by atoms with Crippen molar-refractivity contribution in [2.45, 2.75) is 0 Å². The van der Waals surface area contributed by atoms with Gasteiger partial charge in [-0.25, -0.2) is 4.52 Å². The van der Waals surface area contributed by atoms with E-state index in [1.807, 2.05) is 71.4 Å². The lowest BCUT2D eigenvalue weighted by Gasteiger charge is -2.07. The maximum atomic E-state index is 9.81. The number of nitriles is 1. The molecule has 0 aliphatic heterocycles. The normalized spacial score (nSPS) is 10.9. The fourth-order valence-corrected chi connectivity index (χ4v) is 3.41. The van der Waals surface area contributed by atoms with Crippen molar-refractivity contribution in [2.24, 2.45) is 0 Å². The van der Waals surface area contributed by atoms with Crippen LogP contribution in [0.2, 0.25) is 0 Å². The highest BCUT2D eigenvalue weighted by molar-refractivity contribution is 5.84. The molecule has 3 heterocycles. The molecule has 0 unspecified atom stereocenters. The molecule has 128 valence electrons. The SMILES string of the molecule is N#Cc1c(Nc2ccccc2)nn2cc(-c3ccccc3)c3cccn3c12. The Balaban J connectivity index is 1.78. The minimum atomic E-state index is 0.514. The third-order valence-corrected chi connectivity index (χ3v) is 4.62. The van der Waals surface area contributed by atoms with Gasteiger partial charge in [0.2, 0.25) is 0 Å². The summed E-state index contributed by atoms with van der Waals surface area (Å²) in [6.45, 7) is 0. The van der Waals surface area contributed by atoms with Crippen molar-refractivity contribution in [3.8, 4) is 17.2 Å². The predicted molar refractivity (Wildman–Crippen MR) is 106 cm³/mol. The number of hydrogen-bond donors (Lipinski definition) is 1. The quantitative estimate of drug-likeness (QED) is 0.505. The molecule has 0 radical (unpaired) electrons. The first kappa shape index (κ1) is 15.2. The van der Waals surface area contributed by atoms with Crippen LogP contribution in [0.15, 0.2) is 85.2 Å². The number of rotatable bonds is 3. The molecule has 0 saturated heterocycles. The zero-order chi connectivity index (χ0) is 18.2. The van der Waals surface area contributed by atoms with Crippen LogP contribution in [0.3, 0.4) is 0 Å². The molecule has 0 amide bonds. The number of fused-ring (bicyclic) bond motifs is 3. The van der Waals surface area contributed by atoms with Crippen LogP contribution in [0.25, 0.3) is 22.3 Å². The summed E-state index contributed by atoms with van der Waals surface area (Å²) in [5.74, 6) is 0.545. The van der Waals surface area contributed by atoms with Crippen LogP contribution in [0, 0.1) is 11.3 Å². The van der Waals surface area contributed by atoms with Crippen molar-refractivity contribution >= 4 is 22.7 Å². The number of hydrogen-bond acceptors (Lipinski definition) is 3. The van der Waals surface area contributed by atoms with E-state index in [4.69, 9.17) is 0 Å². The molecule has 0 atom stereocenters. The second-order valence-electron chi connectivity index (χ2n) is 6.27. The average Bonchev–Trinajstić information content (AvgIpc) is 3.32. The molecule has 27 heavy (non-hydrogen) atoms. The van der Waals surface area contributed by atoms with E-state index >= 15 is 0 Å². The third-order valence-electron chi connectivity index (χ3n) is 4.62. The summed E-state index contributed by atoms with van der Waals surface area (Å²) in [5.41, 5.74) is 5.36. The average molecular weight is 349 g/mol. The molecule has 5 rings (SSSR count). The topological polar surface area (TPSA) is 57.5 Å². The number of nitrogens with zero attached hydrogens (tertiary/aromatic N) is 4. The Kier molecular flexibility index (Phi) is 3.41. The van der Waals surface area contributed by atoms with Crippen LogP contribution in [0.5, 0.6) is 0 Å². The van der Waals surface area contributed by atoms with Gasteiger partial charge < -0.3 is 5.32 Å². The molecule has 0 aliphatic carbocycles. The van der Waals surface area contributed by atoms with E-state index in [1.54, 1.807) is 4.52 Å². The Morgan fingerprint density at radius 3 is 2.37 bits per heavy atom. The third kappa shape index (κ3) is 2.43. The number of nitrogens with one attached hydrogen (secondary N) is 1. The second-order valence-corrected chi connectivity index (χ2v) is 6.27. The molecule has 0 spiro atoms. The minimum Gasteiger partial charge on any atom is -0.338 e. The Hall–Kier alpha value is -4.04. The van der Waals surface area contributed by atoms with E-state index in [0.717, 1.165) is 28.0 Å². The fourth-order valence-electron chi connectivity index (χ4n) is 3.41. The molecule has 5 nitrogen and oxygen atoms in total. The number of benzene rings is 2. The van der Waals surface area contributed by atoms with Gasteiger partial charge in [-0.3, -0.25) is 4.40 Å². The van der Waals surface area contributed by atoms with Crippen LogP contribution in [-0.4, -0.2) is 14.0 Å². The Morgan fingerprint density at radius 2 is 1.63 bits per heavy atom. The molecule has 1 N–H and O–H groups in total. The van der Waals surface area contributed by atoms with Crippen molar-refractivity contribution in [1.29, 1.82) is 5.26 Å². The Morgan fingerprint density at radius 1 is 0.889 bits per heavy atom. The van der Waals surface area contributed by atoms with E-state index in [0.29, 0.717) is 11.4 Å². The van der Waals surface area contributed by atoms with Crippen LogP contribution in [-0.2, 0) is 0 Å². The van der Waals surface area contributed by atoms with Crippen LogP contribution >= 0.6 is 0 Å². The van der Waals surface area contributed by atoms with Crippen LogP contribution < -0.4 is 5.32 Å². The van der Waals surface area contributed by atoms with Gasteiger partial charge in [0.25, 0.3) is 0 Å². The zero-order valence-corrected chi connectivity index (χ0v) is 14.4. The summed E-state index contributed by atoms with van der Waals surface area (Å²) in [7, 11) is 0. The lowest BCUT2D eigenvalue weighted by atomic mass is 10.1. The summed E-state index contributed by atoms with van der Waals surface area (Å²) in [4.78, 5) is 0. The molecule has 0 fully saturated rings. The summed E-state index contributed by atoms with van der Waals surface area (Å²) in [5, 5.41) is 17.7. The first-order valence-corrected chi connectivity index (χ1v) is 8.65. The standard InChI is InChI=1S/C22H15N5/c23-14-18-21(24-17-10-5-2-6-11-17)25-27-15-19(16-8-3-1-4-9-16)20-12-7-13-26(20)22(18)27/h1-13,15H,(H,24,25). The highest BCUT2D eigenvalue weighted by atomic mass is 15.3. The van der Waals surface area contributed by atoms with Gasteiger partial charge in [0.05, 0.1) is 5.52 Å². The molecule has 2 aromatic carbocycles. The van der Waals surface area contributed by atoms with Gasteiger partial charge in [-0.2, -0.15) is 5.26 Å². The van der Waals surface area contributed by atoms with Crippen LogP contribution in [0.1, 0.15) is 5.56 Å². The predicted octanol–water partition coefficient (Wildman–Crippen LogP) is 4.87. The first-order valence-electron chi connectivity index (χ1n) is 8.65. The van der Waals surface area contributed by atoms with Gasteiger partial charge >= 0.3 is 0 Å².